The molecule has 25 heavy (non-hydrogen) atoms. The number of aromatic nitrogens is 5. The maximum absolute atomic E-state index is 14.0. The summed E-state index contributed by atoms with van der Waals surface area (Å²) in [7, 11) is 0. The van der Waals surface area contributed by atoms with Crippen molar-refractivity contribution in [1.82, 2.24) is 30.5 Å². The molecular weight excluding hydrogens is 325 g/mol. The molecule has 0 unspecified atom stereocenters. The number of hydrogen-bond donors (Lipinski definition) is 2. The van der Waals surface area contributed by atoms with Gasteiger partial charge in [-0.2, -0.15) is 4.68 Å². The van der Waals surface area contributed by atoms with Crippen molar-refractivity contribution in [3.63, 3.8) is 0 Å². The van der Waals surface area contributed by atoms with Crippen LogP contribution in [-0.4, -0.2) is 31.2 Å². The van der Waals surface area contributed by atoms with E-state index in [1.807, 2.05) is 19.1 Å². The first-order valence-corrected chi connectivity index (χ1v) is 7.57. The molecule has 2 amide bonds. The van der Waals surface area contributed by atoms with Crippen molar-refractivity contribution in [2.24, 2.45) is 0 Å². The molecule has 0 aliphatic rings. The van der Waals surface area contributed by atoms with Crippen LogP contribution in [0.5, 0.6) is 0 Å². The van der Waals surface area contributed by atoms with Gasteiger partial charge in [-0.15, -0.1) is 5.10 Å². The molecule has 8 nitrogen and oxygen atoms in total. The molecule has 2 N–H and O–H groups in total. The Labute approximate surface area is 143 Å². The van der Waals surface area contributed by atoms with Crippen LogP contribution in [0.2, 0.25) is 0 Å². The van der Waals surface area contributed by atoms with Crippen molar-refractivity contribution in [3.8, 4) is 5.69 Å². The van der Waals surface area contributed by atoms with Crippen molar-refractivity contribution in [1.29, 1.82) is 0 Å². The lowest BCUT2D eigenvalue weighted by Gasteiger charge is -2.15. The molecule has 0 saturated carbocycles. The minimum Gasteiger partial charge on any atom is -0.331 e. The summed E-state index contributed by atoms with van der Waals surface area (Å²) in [6, 6.07) is 7.21. The van der Waals surface area contributed by atoms with E-state index in [0.29, 0.717) is 11.5 Å². The summed E-state index contributed by atoms with van der Waals surface area (Å²) in [6.45, 7) is 3.51. The summed E-state index contributed by atoms with van der Waals surface area (Å²) < 4.78 is 15.3. The fraction of sp³-hybridized carbons (Fsp3) is 0.188. The van der Waals surface area contributed by atoms with Gasteiger partial charge in [0, 0.05) is 18.1 Å². The Kier molecular flexibility index (Phi) is 4.64. The quantitative estimate of drug-likeness (QED) is 0.759. The Hall–Kier alpha value is -3.36. The van der Waals surface area contributed by atoms with Crippen LogP contribution in [0.3, 0.4) is 0 Å². The Bertz CT molecular complexity index is 881. The van der Waals surface area contributed by atoms with E-state index < -0.39 is 11.8 Å². The SMILES string of the molecule is Cc1nnnn1-c1cc(NC(=O)N[C@@H](C)c2ccncc2)ccc1F. The van der Waals surface area contributed by atoms with E-state index in [2.05, 4.69) is 31.1 Å². The summed E-state index contributed by atoms with van der Waals surface area (Å²) in [5, 5.41) is 16.4. The molecule has 2 heterocycles. The maximum Gasteiger partial charge on any atom is 0.319 e. The number of carbonyl (C=O) groups excluding carboxylic acids is 1. The second kappa shape index (κ2) is 7.04. The van der Waals surface area contributed by atoms with E-state index >= 15 is 0 Å². The Morgan fingerprint density at radius 3 is 2.68 bits per heavy atom. The molecule has 0 spiro atoms. The highest BCUT2D eigenvalue weighted by Gasteiger charge is 2.13. The van der Waals surface area contributed by atoms with Gasteiger partial charge in [0.2, 0.25) is 0 Å². The third-order valence-corrected chi connectivity index (χ3v) is 3.61. The molecule has 0 radical (unpaired) electrons. The number of benzene rings is 1. The molecule has 1 aromatic carbocycles. The van der Waals surface area contributed by atoms with Crippen molar-refractivity contribution < 1.29 is 9.18 Å². The van der Waals surface area contributed by atoms with Crippen molar-refractivity contribution in [2.45, 2.75) is 19.9 Å². The third-order valence-electron chi connectivity index (χ3n) is 3.61. The second-order valence-corrected chi connectivity index (χ2v) is 5.40. The summed E-state index contributed by atoms with van der Waals surface area (Å²) in [4.78, 5) is 16.1. The predicted molar refractivity (Wildman–Crippen MR) is 88.7 cm³/mol. The number of pyridine rings is 1. The molecule has 0 bridgehead atoms. The highest BCUT2D eigenvalue weighted by Crippen LogP contribution is 2.19. The van der Waals surface area contributed by atoms with Gasteiger partial charge in [-0.05, 0) is 60.2 Å². The Balaban J connectivity index is 1.73. The second-order valence-electron chi connectivity index (χ2n) is 5.40. The van der Waals surface area contributed by atoms with Gasteiger partial charge in [0.15, 0.2) is 5.82 Å². The fourth-order valence-electron chi connectivity index (χ4n) is 2.31. The van der Waals surface area contributed by atoms with Crippen LogP contribution in [0, 0.1) is 12.7 Å². The van der Waals surface area contributed by atoms with Crippen LogP contribution in [-0.2, 0) is 0 Å². The predicted octanol–water partition coefficient (Wildman–Crippen LogP) is 2.39. The van der Waals surface area contributed by atoms with Crippen molar-refractivity contribution in [2.75, 3.05) is 5.32 Å². The molecule has 3 aromatic rings. The number of amides is 2. The number of aryl methyl sites for hydroxylation is 1. The van der Waals surface area contributed by atoms with E-state index in [9.17, 15) is 9.18 Å². The van der Waals surface area contributed by atoms with Crippen LogP contribution in [0.4, 0.5) is 14.9 Å². The molecule has 1 atom stereocenters. The van der Waals surface area contributed by atoms with Gasteiger partial charge >= 0.3 is 6.03 Å². The topological polar surface area (TPSA) is 97.6 Å². The molecule has 3 rings (SSSR count). The lowest BCUT2D eigenvalue weighted by Crippen LogP contribution is -2.31. The van der Waals surface area contributed by atoms with Gasteiger partial charge in [-0.3, -0.25) is 4.98 Å². The molecule has 0 aliphatic heterocycles. The number of tetrazole rings is 1. The van der Waals surface area contributed by atoms with Crippen LogP contribution < -0.4 is 10.6 Å². The van der Waals surface area contributed by atoms with E-state index in [4.69, 9.17) is 0 Å². The third kappa shape index (κ3) is 3.77. The van der Waals surface area contributed by atoms with E-state index in [0.717, 1.165) is 5.56 Å². The zero-order valence-electron chi connectivity index (χ0n) is 13.6. The summed E-state index contributed by atoms with van der Waals surface area (Å²) in [5.41, 5.74) is 1.50. The van der Waals surface area contributed by atoms with Gasteiger partial charge in [0.05, 0.1) is 6.04 Å². The number of urea groups is 1. The van der Waals surface area contributed by atoms with Gasteiger partial charge in [-0.1, -0.05) is 0 Å². The molecule has 0 aliphatic carbocycles. The highest BCUT2D eigenvalue weighted by molar-refractivity contribution is 5.89. The number of nitrogens with one attached hydrogen (secondary N) is 2. The zero-order chi connectivity index (χ0) is 17.8. The standard InChI is InChI=1S/C16H16FN7O/c1-10(12-5-7-18-8-6-12)19-16(25)20-13-3-4-14(17)15(9-13)24-11(2)21-22-23-24/h3-10H,1-2H3,(H2,19,20,25)/t10-/m0/s1. The van der Waals surface area contributed by atoms with Gasteiger partial charge in [-0.25, -0.2) is 9.18 Å². The van der Waals surface area contributed by atoms with Crippen molar-refractivity contribution >= 4 is 11.7 Å². The molecular formula is C16H16FN7O. The number of anilines is 1. The number of hydrogen-bond acceptors (Lipinski definition) is 5. The number of nitrogens with zero attached hydrogens (tertiary/aromatic N) is 5. The molecule has 128 valence electrons. The average Bonchev–Trinajstić information content (AvgIpc) is 3.03. The first kappa shape index (κ1) is 16.5. The summed E-state index contributed by atoms with van der Waals surface area (Å²) >= 11 is 0. The number of rotatable bonds is 4. The van der Waals surface area contributed by atoms with E-state index in [-0.39, 0.29) is 11.7 Å². The zero-order valence-corrected chi connectivity index (χ0v) is 13.6. The normalized spacial score (nSPS) is 11.8. The lowest BCUT2D eigenvalue weighted by atomic mass is 10.1. The first-order chi connectivity index (χ1) is 12.0. The lowest BCUT2D eigenvalue weighted by molar-refractivity contribution is 0.249. The van der Waals surface area contributed by atoms with Gasteiger partial charge < -0.3 is 10.6 Å². The van der Waals surface area contributed by atoms with Crippen LogP contribution in [0.1, 0.15) is 24.4 Å². The number of carbonyl (C=O) groups is 1. The fourth-order valence-corrected chi connectivity index (χ4v) is 2.31. The first-order valence-electron chi connectivity index (χ1n) is 7.57. The molecule has 9 heteroatoms. The molecule has 2 aromatic heterocycles. The van der Waals surface area contributed by atoms with E-state index in [1.54, 1.807) is 19.3 Å². The molecule has 0 fully saturated rings. The van der Waals surface area contributed by atoms with E-state index in [1.165, 1.54) is 22.9 Å². The van der Waals surface area contributed by atoms with Gasteiger partial charge in [0.1, 0.15) is 11.5 Å². The summed E-state index contributed by atoms with van der Waals surface area (Å²) in [6.07, 6.45) is 3.32. The highest BCUT2D eigenvalue weighted by atomic mass is 19.1. The smallest absolute Gasteiger partial charge is 0.319 e. The average molecular weight is 341 g/mol. The van der Waals surface area contributed by atoms with Crippen LogP contribution in [0.25, 0.3) is 5.69 Å². The van der Waals surface area contributed by atoms with Crippen LogP contribution in [0.15, 0.2) is 42.7 Å². The van der Waals surface area contributed by atoms with Gasteiger partial charge in [0.25, 0.3) is 0 Å². The van der Waals surface area contributed by atoms with Crippen LogP contribution >= 0.6 is 0 Å². The minimum atomic E-state index is -0.494. The summed E-state index contributed by atoms with van der Waals surface area (Å²) in [5.74, 6) is -0.0571. The Morgan fingerprint density at radius 2 is 2.00 bits per heavy atom. The van der Waals surface area contributed by atoms with Crippen molar-refractivity contribution in [3.05, 3.63) is 59.9 Å². The Morgan fingerprint density at radius 1 is 1.24 bits per heavy atom. The monoisotopic (exact) mass is 341 g/mol. The maximum atomic E-state index is 14.0. The minimum absolute atomic E-state index is 0.155. The number of halogens is 1. The molecule has 0 saturated heterocycles. The largest absolute Gasteiger partial charge is 0.331 e.